The molecule has 0 saturated carbocycles. The largest absolute Gasteiger partial charge is 0.493 e. The first kappa shape index (κ1) is 13.3. The molecule has 16 heavy (non-hydrogen) atoms. The molecule has 0 N–H and O–H groups in total. The standard InChI is InChI=1S/C13H20ClNO/c1-3-4-5-6-9-16-13-7-8-15-12(10-14)11(13)2/h7-8H,3-6,9-10H2,1-2H3. The van der Waals surface area contributed by atoms with Gasteiger partial charge < -0.3 is 4.74 Å². The van der Waals surface area contributed by atoms with E-state index in [1.807, 2.05) is 13.0 Å². The zero-order chi connectivity index (χ0) is 11.8. The summed E-state index contributed by atoms with van der Waals surface area (Å²) in [6.07, 6.45) is 6.65. The molecule has 90 valence electrons. The number of rotatable bonds is 7. The predicted molar refractivity (Wildman–Crippen MR) is 68.2 cm³/mol. The maximum Gasteiger partial charge on any atom is 0.125 e. The van der Waals surface area contributed by atoms with Gasteiger partial charge in [-0.3, -0.25) is 4.98 Å². The Morgan fingerprint density at radius 1 is 1.31 bits per heavy atom. The number of alkyl halides is 1. The molecule has 0 radical (unpaired) electrons. The van der Waals surface area contributed by atoms with Gasteiger partial charge in [0, 0.05) is 11.8 Å². The van der Waals surface area contributed by atoms with E-state index < -0.39 is 0 Å². The monoisotopic (exact) mass is 241 g/mol. The lowest BCUT2D eigenvalue weighted by Crippen LogP contribution is -2.01. The van der Waals surface area contributed by atoms with Crippen molar-refractivity contribution in [2.75, 3.05) is 6.61 Å². The lowest BCUT2D eigenvalue weighted by Gasteiger charge is -2.10. The van der Waals surface area contributed by atoms with Crippen LogP contribution < -0.4 is 4.74 Å². The molecule has 1 aromatic rings. The van der Waals surface area contributed by atoms with Gasteiger partial charge in [0.05, 0.1) is 18.2 Å². The molecule has 1 aromatic heterocycles. The van der Waals surface area contributed by atoms with Crippen LogP contribution in [0.4, 0.5) is 0 Å². The summed E-state index contributed by atoms with van der Waals surface area (Å²) in [6.45, 7) is 5.00. The van der Waals surface area contributed by atoms with Crippen LogP contribution in [0.5, 0.6) is 5.75 Å². The number of aromatic nitrogens is 1. The predicted octanol–water partition coefficient (Wildman–Crippen LogP) is 4.09. The van der Waals surface area contributed by atoms with Gasteiger partial charge in [0.2, 0.25) is 0 Å². The molecule has 1 heterocycles. The molecule has 0 atom stereocenters. The van der Waals surface area contributed by atoms with Crippen molar-refractivity contribution in [1.29, 1.82) is 0 Å². The Morgan fingerprint density at radius 3 is 2.81 bits per heavy atom. The maximum atomic E-state index is 5.79. The Morgan fingerprint density at radius 2 is 2.12 bits per heavy atom. The molecular formula is C13H20ClNO. The topological polar surface area (TPSA) is 22.1 Å². The fourth-order valence-corrected chi connectivity index (χ4v) is 1.83. The number of unbranched alkanes of at least 4 members (excludes halogenated alkanes) is 3. The van der Waals surface area contributed by atoms with Crippen molar-refractivity contribution in [3.05, 3.63) is 23.5 Å². The van der Waals surface area contributed by atoms with Gasteiger partial charge in [-0.15, -0.1) is 11.6 Å². The van der Waals surface area contributed by atoms with E-state index in [2.05, 4.69) is 11.9 Å². The summed E-state index contributed by atoms with van der Waals surface area (Å²) in [4.78, 5) is 4.20. The van der Waals surface area contributed by atoms with E-state index in [4.69, 9.17) is 16.3 Å². The third kappa shape index (κ3) is 4.01. The van der Waals surface area contributed by atoms with Crippen LogP contribution >= 0.6 is 11.6 Å². The van der Waals surface area contributed by atoms with Crippen LogP contribution in [0.3, 0.4) is 0 Å². The highest BCUT2D eigenvalue weighted by molar-refractivity contribution is 6.17. The van der Waals surface area contributed by atoms with E-state index in [1.165, 1.54) is 19.3 Å². The van der Waals surface area contributed by atoms with Crippen LogP contribution in [0.15, 0.2) is 12.3 Å². The van der Waals surface area contributed by atoms with E-state index in [1.54, 1.807) is 6.20 Å². The summed E-state index contributed by atoms with van der Waals surface area (Å²) >= 11 is 5.79. The Bertz CT molecular complexity index is 315. The Hall–Kier alpha value is -0.760. The summed E-state index contributed by atoms with van der Waals surface area (Å²) in [7, 11) is 0. The normalized spacial score (nSPS) is 10.4. The molecule has 2 nitrogen and oxygen atoms in total. The third-order valence-corrected chi connectivity index (χ3v) is 2.89. The molecule has 0 aliphatic carbocycles. The van der Waals surface area contributed by atoms with Gasteiger partial charge in [0.25, 0.3) is 0 Å². The fraction of sp³-hybridized carbons (Fsp3) is 0.615. The molecular weight excluding hydrogens is 222 g/mol. The average Bonchev–Trinajstić information content (AvgIpc) is 2.31. The van der Waals surface area contributed by atoms with Crippen molar-refractivity contribution in [3.8, 4) is 5.75 Å². The minimum atomic E-state index is 0.443. The molecule has 0 spiro atoms. The minimum absolute atomic E-state index is 0.443. The van der Waals surface area contributed by atoms with E-state index in [-0.39, 0.29) is 0 Å². The van der Waals surface area contributed by atoms with Crippen LogP contribution in [-0.4, -0.2) is 11.6 Å². The number of hydrogen-bond acceptors (Lipinski definition) is 2. The van der Waals surface area contributed by atoms with E-state index in [0.29, 0.717) is 5.88 Å². The van der Waals surface area contributed by atoms with Crippen LogP contribution in [0.25, 0.3) is 0 Å². The van der Waals surface area contributed by atoms with Crippen LogP contribution in [0.2, 0.25) is 0 Å². The molecule has 0 aliphatic rings. The van der Waals surface area contributed by atoms with E-state index >= 15 is 0 Å². The van der Waals surface area contributed by atoms with Crippen molar-refractivity contribution in [2.24, 2.45) is 0 Å². The summed E-state index contributed by atoms with van der Waals surface area (Å²) in [5.41, 5.74) is 1.97. The van der Waals surface area contributed by atoms with Crippen molar-refractivity contribution in [3.63, 3.8) is 0 Å². The fourth-order valence-electron chi connectivity index (χ4n) is 1.56. The first-order valence-corrected chi connectivity index (χ1v) is 6.46. The van der Waals surface area contributed by atoms with Crippen molar-refractivity contribution in [1.82, 2.24) is 4.98 Å². The first-order valence-electron chi connectivity index (χ1n) is 5.92. The molecule has 0 aliphatic heterocycles. The molecule has 1 rings (SSSR count). The highest BCUT2D eigenvalue weighted by Crippen LogP contribution is 2.20. The number of ether oxygens (including phenoxy) is 1. The Labute approximate surface area is 103 Å². The average molecular weight is 242 g/mol. The molecule has 0 fully saturated rings. The number of halogens is 1. The molecule has 0 amide bonds. The molecule has 0 bridgehead atoms. The number of pyridine rings is 1. The quantitative estimate of drug-likeness (QED) is 0.530. The van der Waals surface area contributed by atoms with E-state index in [9.17, 15) is 0 Å². The SMILES string of the molecule is CCCCCCOc1ccnc(CCl)c1C. The second-order valence-corrected chi connectivity index (χ2v) is 4.19. The summed E-state index contributed by atoms with van der Waals surface area (Å²) in [5.74, 6) is 1.36. The van der Waals surface area contributed by atoms with Gasteiger partial charge in [-0.1, -0.05) is 26.2 Å². The summed E-state index contributed by atoms with van der Waals surface area (Å²) in [6, 6.07) is 1.91. The molecule has 0 unspecified atom stereocenters. The Kier molecular flexibility index (Phi) is 6.24. The first-order chi connectivity index (χ1) is 7.79. The molecule has 3 heteroatoms. The van der Waals surface area contributed by atoms with Gasteiger partial charge in [0.1, 0.15) is 5.75 Å². The van der Waals surface area contributed by atoms with Gasteiger partial charge in [-0.05, 0) is 19.4 Å². The summed E-state index contributed by atoms with van der Waals surface area (Å²) in [5, 5.41) is 0. The van der Waals surface area contributed by atoms with Gasteiger partial charge in [-0.2, -0.15) is 0 Å². The van der Waals surface area contributed by atoms with Crippen LogP contribution in [0.1, 0.15) is 43.9 Å². The van der Waals surface area contributed by atoms with Crippen LogP contribution in [0, 0.1) is 6.92 Å². The van der Waals surface area contributed by atoms with Gasteiger partial charge in [0.15, 0.2) is 0 Å². The Balaban J connectivity index is 2.41. The van der Waals surface area contributed by atoms with E-state index in [0.717, 1.165) is 30.0 Å². The van der Waals surface area contributed by atoms with Gasteiger partial charge in [-0.25, -0.2) is 0 Å². The van der Waals surface area contributed by atoms with Crippen molar-refractivity contribution >= 4 is 11.6 Å². The third-order valence-electron chi connectivity index (χ3n) is 2.64. The molecule has 0 saturated heterocycles. The van der Waals surface area contributed by atoms with Crippen molar-refractivity contribution in [2.45, 2.75) is 45.4 Å². The lowest BCUT2D eigenvalue weighted by molar-refractivity contribution is 0.302. The van der Waals surface area contributed by atoms with Crippen molar-refractivity contribution < 1.29 is 4.74 Å². The highest BCUT2D eigenvalue weighted by atomic mass is 35.5. The molecule has 0 aromatic carbocycles. The lowest BCUT2D eigenvalue weighted by atomic mass is 10.2. The second kappa shape index (κ2) is 7.50. The second-order valence-electron chi connectivity index (χ2n) is 3.92. The summed E-state index contributed by atoms with van der Waals surface area (Å²) < 4.78 is 5.73. The number of hydrogen-bond donors (Lipinski definition) is 0. The smallest absolute Gasteiger partial charge is 0.125 e. The number of nitrogens with zero attached hydrogens (tertiary/aromatic N) is 1. The van der Waals surface area contributed by atoms with Gasteiger partial charge >= 0.3 is 0 Å². The zero-order valence-electron chi connectivity index (χ0n) is 10.1. The van der Waals surface area contributed by atoms with Crippen LogP contribution in [-0.2, 0) is 5.88 Å². The maximum absolute atomic E-state index is 5.79. The zero-order valence-corrected chi connectivity index (χ0v) is 10.9. The minimum Gasteiger partial charge on any atom is -0.493 e. The highest BCUT2D eigenvalue weighted by Gasteiger charge is 2.04.